The van der Waals surface area contributed by atoms with Gasteiger partial charge in [0.25, 0.3) is 0 Å². The zero-order valence-electron chi connectivity index (χ0n) is 18.2. The van der Waals surface area contributed by atoms with Crippen molar-refractivity contribution in [2.45, 2.75) is 46.2 Å². The number of rotatable bonds is 6. The van der Waals surface area contributed by atoms with Crippen LogP contribution in [0.3, 0.4) is 0 Å². The lowest BCUT2D eigenvalue weighted by Gasteiger charge is -2.33. The van der Waals surface area contributed by atoms with Gasteiger partial charge < -0.3 is 25.6 Å². The molecule has 3 N–H and O–H groups in total. The monoisotopic (exact) mass is 531 g/mol. The second kappa shape index (κ2) is 13.3. The fraction of sp³-hybridized carbons (Fsp3) is 0.571. The number of ether oxygens (including phenoxy) is 1. The van der Waals surface area contributed by atoms with Gasteiger partial charge in [0, 0.05) is 38.4 Å². The maximum Gasteiger partial charge on any atom is 0.319 e. The van der Waals surface area contributed by atoms with E-state index in [1.54, 1.807) is 7.05 Å². The van der Waals surface area contributed by atoms with Gasteiger partial charge in [0.1, 0.15) is 0 Å². The first-order valence-corrected chi connectivity index (χ1v) is 10.2. The highest BCUT2D eigenvalue weighted by Gasteiger charge is 2.27. The fourth-order valence-electron chi connectivity index (χ4n) is 3.24. The van der Waals surface area contributed by atoms with Gasteiger partial charge in [0.15, 0.2) is 5.96 Å². The molecule has 0 aromatic heterocycles. The smallest absolute Gasteiger partial charge is 0.319 e. The third kappa shape index (κ3) is 8.37. The molecule has 9 heteroatoms. The quantitative estimate of drug-likeness (QED) is 0.227. The average molecular weight is 531 g/mol. The summed E-state index contributed by atoms with van der Waals surface area (Å²) in [6.07, 6.45) is 1.55. The van der Waals surface area contributed by atoms with Gasteiger partial charge in [-0.25, -0.2) is 4.79 Å². The van der Waals surface area contributed by atoms with Crippen LogP contribution in [0.15, 0.2) is 29.3 Å². The Bertz CT molecular complexity index is 701. The molecule has 1 saturated heterocycles. The zero-order valence-corrected chi connectivity index (χ0v) is 20.6. The minimum atomic E-state index is -0.211. The lowest BCUT2D eigenvalue weighted by atomic mass is 9.97. The molecule has 2 rings (SSSR count). The fourth-order valence-corrected chi connectivity index (χ4v) is 3.24. The Labute approximate surface area is 196 Å². The summed E-state index contributed by atoms with van der Waals surface area (Å²) in [5.41, 5.74) is 1.83. The summed E-state index contributed by atoms with van der Waals surface area (Å²) in [5.74, 6) is 0.717. The SMILES string of the molecule is CCOC(=O)C1CCN(C(=NC)NCc2ccc(NC(=O)NC(C)C)cc2)CC1.I. The molecular weight excluding hydrogens is 497 g/mol. The summed E-state index contributed by atoms with van der Waals surface area (Å²) in [7, 11) is 1.76. The van der Waals surface area contributed by atoms with Crippen molar-refractivity contribution in [3.8, 4) is 0 Å². The molecule has 0 aliphatic carbocycles. The van der Waals surface area contributed by atoms with E-state index in [0.29, 0.717) is 13.2 Å². The predicted molar refractivity (Wildman–Crippen MR) is 130 cm³/mol. The largest absolute Gasteiger partial charge is 0.466 e. The van der Waals surface area contributed by atoms with Crippen LogP contribution >= 0.6 is 24.0 Å². The molecule has 1 aromatic rings. The van der Waals surface area contributed by atoms with E-state index < -0.39 is 0 Å². The van der Waals surface area contributed by atoms with E-state index >= 15 is 0 Å². The van der Waals surface area contributed by atoms with Crippen LogP contribution in [0.2, 0.25) is 0 Å². The number of halogens is 1. The number of guanidine groups is 1. The second-order valence-electron chi connectivity index (χ2n) is 7.36. The Kier molecular flexibility index (Phi) is 11.5. The first kappa shape index (κ1) is 26.0. The third-order valence-electron chi connectivity index (χ3n) is 4.71. The number of nitrogens with one attached hydrogen (secondary N) is 3. The number of aliphatic imine (C=N–C) groups is 1. The molecule has 0 unspecified atom stereocenters. The summed E-state index contributed by atoms with van der Waals surface area (Å²) in [4.78, 5) is 30.2. The molecule has 8 nitrogen and oxygen atoms in total. The van der Waals surface area contributed by atoms with Crippen LogP contribution in [0, 0.1) is 5.92 Å². The molecule has 0 atom stereocenters. The summed E-state index contributed by atoms with van der Waals surface area (Å²) >= 11 is 0. The zero-order chi connectivity index (χ0) is 21.2. The van der Waals surface area contributed by atoms with E-state index in [4.69, 9.17) is 4.74 Å². The normalized spacial score (nSPS) is 14.7. The second-order valence-corrected chi connectivity index (χ2v) is 7.36. The molecule has 168 valence electrons. The lowest BCUT2D eigenvalue weighted by Crippen LogP contribution is -2.46. The van der Waals surface area contributed by atoms with Gasteiger partial charge in [-0.1, -0.05) is 12.1 Å². The summed E-state index contributed by atoms with van der Waals surface area (Å²) < 4.78 is 5.13. The molecule has 0 saturated carbocycles. The van der Waals surface area contributed by atoms with E-state index in [9.17, 15) is 9.59 Å². The number of anilines is 1. The number of benzene rings is 1. The number of hydrogen-bond donors (Lipinski definition) is 3. The summed E-state index contributed by atoms with van der Waals surface area (Å²) in [6, 6.07) is 7.58. The molecule has 30 heavy (non-hydrogen) atoms. The third-order valence-corrected chi connectivity index (χ3v) is 4.71. The minimum absolute atomic E-state index is 0. The Morgan fingerprint density at radius 2 is 1.83 bits per heavy atom. The van der Waals surface area contributed by atoms with Gasteiger partial charge in [-0.3, -0.25) is 9.79 Å². The van der Waals surface area contributed by atoms with E-state index in [1.807, 2.05) is 45.0 Å². The highest BCUT2D eigenvalue weighted by atomic mass is 127. The Hall–Kier alpha value is -2.04. The van der Waals surface area contributed by atoms with Crippen LogP contribution in [0.1, 0.15) is 39.2 Å². The number of carbonyl (C=O) groups is 2. The van der Waals surface area contributed by atoms with Crippen molar-refractivity contribution in [3.63, 3.8) is 0 Å². The van der Waals surface area contributed by atoms with E-state index in [0.717, 1.165) is 43.1 Å². The number of nitrogens with zero attached hydrogens (tertiary/aromatic N) is 2. The van der Waals surface area contributed by atoms with Crippen LogP contribution in [0.5, 0.6) is 0 Å². The molecule has 1 heterocycles. The van der Waals surface area contributed by atoms with Gasteiger partial charge >= 0.3 is 12.0 Å². The van der Waals surface area contributed by atoms with Crippen molar-refractivity contribution in [2.75, 3.05) is 32.1 Å². The van der Waals surface area contributed by atoms with Crippen LogP contribution in [0.4, 0.5) is 10.5 Å². The van der Waals surface area contributed by atoms with Gasteiger partial charge in [-0.15, -0.1) is 24.0 Å². The Morgan fingerprint density at radius 3 is 2.37 bits per heavy atom. The van der Waals surface area contributed by atoms with E-state index in [2.05, 4.69) is 25.8 Å². The van der Waals surface area contributed by atoms with Gasteiger partial charge in [-0.2, -0.15) is 0 Å². The summed E-state index contributed by atoms with van der Waals surface area (Å²) in [5, 5.41) is 8.98. The van der Waals surface area contributed by atoms with Crippen molar-refractivity contribution in [3.05, 3.63) is 29.8 Å². The molecule has 1 fully saturated rings. The number of hydrogen-bond acceptors (Lipinski definition) is 4. The molecule has 1 aliphatic heterocycles. The molecular formula is C21H34IN5O3. The molecule has 0 radical (unpaired) electrons. The Balaban J connectivity index is 0.00000450. The topological polar surface area (TPSA) is 95.1 Å². The van der Waals surface area contributed by atoms with Gasteiger partial charge in [0.2, 0.25) is 0 Å². The van der Waals surface area contributed by atoms with Crippen LogP contribution < -0.4 is 16.0 Å². The van der Waals surface area contributed by atoms with E-state index in [1.165, 1.54) is 0 Å². The van der Waals surface area contributed by atoms with Crippen LogP contribution in [0.25, 0.3) is 0 Å². The minimum Gasteiger partial charge on any atom is -0.466 e. The molecule has 0 spiro atoms. The van der Waals surface area contributed by atoms with Crippen LogP contribution in [-0.4, -0.2) is 55.6 Å². The van der Waals surface area contributed by atoms with Gasteiger partial charge in [-0.05, 0) is 51.3 Å². The highest BCUT2D eigenvalue weighted by Crippen LogP contribution is 2.19. The maximum absolute atomic E-state index is 11.9. The predicted octanol–water partition coefficient (Wildman–Crippen LogP) is 3.19. The number of carbonyl (C=O) groups excluding carboxylic acids is 2. The maximum atomic E-state index is 11.9. The van der Waals surface area contributed by atoms with E-state index in [-0.39, 0.29) is 47.9 Å². The average Bonchev–Trinajstić information content (AvgIpc) is 2.69. The number of piperidine rings is 1. The Morgan fingerprint density at radius 1 is 1.20 bits per heavy atom. The summed E-state index contributed by atoms with van der Waals surface area (Å²) in [6.45, 7) is 8.28. The van der Waals surface area contributed by atoms with Crippen molar-refractivity contribution >= 4 is 47.6 Å². The van der Waals surface area contributed by atoms with Crippen molar-refractivity contribution in [1.29, 1.82) is 0 Å². The molecule has 2 amide bonds. The number of esters is 1. The standard InChI is InChI=1S/C21H33N5O3.HI/c1-5-29-19(27)17-10-12-26(13-11-17)20(22-4)23-14-16-6-8-18(9-7-16)25-21(28)24-15(2)3;/h6-9,15,17H,5,10-14H2,1-4H3,(H,22,23)(H2,24,25,28);1H. The first-order chi connectivity index (χ1) is 13.9. The highest BCUT2D eigenvalue weighted by molar-refractivity contribution is 14.0. The van der Waals surface area contributed by atoms with Crippen molar-refractivity contribution in [1.82, 2.24) is 15.5 Å². The molecule has 1 aliphatic rings. The number of amides is 2. The number of urea groups is 1. The number of likely N-dealkylation sites (tertiary alicyclic amines) is 1. The lowest BCUT2D eigenvalue weighted by molar-refractivity contribution is -0.149. The molecule has 0 bridgehead atoms. The van der Waals surface area contributed by atoms with Crippen molar-refractivity contribution < 1.29 is 14.3 Å². The molecule has 1 aromatic carbocycles. The van der Waals surface area contributed by atoms with Gasteiger partial charge in [0.05, 0.1) is 12.5 Å². The van der Waals surface area contributed by atoms with Crippen molar-refractivity contribution in [2.24, 2.45) is 10.9 Å². The van der Waals surface area contributed by atoms with Crippen LogP contribution in [-0.2, 0) is 16.1 Å². The first-order valence-electron chi connectivity index (χ1n) is 10.2.